The number of unbranched alkanes of at least 4 members (excludes halogenated alkanes) is 21. The molecular weight excluding hydrogens is 404 g/mol. The number of aliphatic carboxylic acids is 1. The molecule has 0 aliphatic rings. The highest BCUT2D eigenvalue weighted by molar-refractivity contribution is 5.86. The number of carbonyl (C=O) groups is 1. The van der Waals surface area contributed by atoms with Crippen molar-refractivity contribution in [2.24, 2.45) is 0 Å². The van der Waals surface area contributed by atoms with Gasteiger partial charge in [0.15, 0.2) is 0 Å². The molecule has 0 rings (SSSR count). The van der Waals surface area contributed by atoms with E-state index in [0.717, 1.165) is 25.7 Å². The third-order valence-corrected chi connectivity index (χ3v) is 7.27. The van der Waals surface area contributed by atoms with E-state index in [1.54, 1.807) is 0 Å². The molecule has 2 heteroatoms. The van der Waals surface area contributed by atoms with Gasteiger partial charge in [-0.25, -0.2) is 4.79 Å². The lowest BCUT2D eigenvalue weighted by Gasteiger charge is -2.11. The van der Waals surface area contributed by atoms with Crippen molar-refractivity contribution in [2.75, 3.05) is 0 Å². The van der Waals surface area contributed by atoms with Gasteiger partial charge in [0.05, 0.1) is 0 Å². The van der Waals surface area contributed by atoms with Crippen molar-refractivity contribution >= 4 is 5.97 Å². The summed E-state index contributed by atoms with van der Waals surface area (Å²) in [6, 6.07) is 0. The monoisotopic (exact) mass is 464 g/mol. The highest BCUT2D eigenvalue weighted by atomic mass is 16.4. The Labute approximate surface area is 208 Å². The normalized spacial score (nSPS) is 12.2. The molecule has 0 saturated carbocycles. The fourth-order valence-corrected chi connectivity index (χ4v) is 4.83. The highest BCUT2D eigenvalue weighted by Crippen LogP contribution is 2.22. The molecule has 0 saturated heterocycles. The van der Waals surface area contributed by atoms with Crippen molar-refractivity contribution in [2.45, 2.75) is 181 Å². The van der Waals surface area contributed by atoms with E-state index in [0.29, 0.717) is 5.57 Å². The Bertz CT molecular complexity index is 452. The second kappa shape index (κ2) is 25.8. The van der Waals surface area contributed by atoms with Crippen LogP contribution in [0.2, 0.25) is 0 Å². The zero-order valence-electron chi connectivity index (χ0n) is 23.0. The number of hydrogen-bond donors (Lipinski definition) is 1. The Hall–Kier alpha value is -0.790. The van der Waals surface area contributed by atoms with Gasteiger partial charge in [-0.2, -0.15) is 0 Å². The molecule has 0 unspecified atom stereocenters. The molecule has 0 heterocycles. The maximum Gasteiger partial charge on any atom is 0.331 e. The summed E-state index contributed by atoms with van der Waals surface area (Å²) in [7, 11) is 0. The number of carboxylic acid groups (broad SMARTS) is 1. The Morgan fingerprint density at radius 3 is 0.939 bits per heavy atom. The zero-order chi connectivity index (χ0) is 24.4. The van der Waals surface area contributed by atoms with E-state index in [9.17, 15) is 9.90 Å². The van der Waals surface area contributed by atoms with Crippen molar-refractivity contribution in [3.05, 3.63) is 11.1 Å². The number of allylic oxidation sites excluding steroid dienone is 1. The van der Waals surface area contributed by atoms with E-state index in [1.165, 1.54) is 140 Å². The molecule has 0 fully saturated rings. The van der Waals surface area contributed by atoms with Gasteiger partial charge in [-0.3, -0.25) is 0 Å². The van der Waals surface area contributed by atoms with E-state index in [2.05, 4.69) is 13.8 Å². The standard InChI is InChI=1S/C31H60O2/c1-4-6-8-10-12-14-16-17-18-20-22-24-26-28-30(29(3)31(32)33)27-25-23-21-19-15-13-11-9-7-5-2/h4-28H2,1-3H3,(H,32,33). The molecule has 0 aromatic heterocycles. The van der Waals surface area contributed by atoms with Crippen LogP contribution in [0.5, 0.6) is 0 Å². The maximum atomic E-state index is 11.5. The average molecular weight is 465 g/mol. The Morgan fingerprint density at radius 1 is 0.455 bits per heavy atom. The van der Waals surface area contributed by atoms with E-state index in [4.69, 9.17) is 0 Å². The Balaban J connectivity index is 3.74. The summed E-state index contributed by atoms with van der Waals surface area (Å²) in [6.07, 6.45) is 33.1. The highest BCUT2D eigenvalue weighted by Gasteiger charge is 2.09. The summed E-state index contributed by atoms with van der Waals surface area (Å²) in [5.74, 6) is -0.716. The van der Waals surface area contributed by atoms with E-state index in [1.807, 2.05) is 6.92 Å². The second-order valence-electron chi connectivity index (χ2n) is 10.5. The maximum absolute atomic E-state index is 11.5. The first-order valence-electron chi connectivity index (χ1n) is 15.0. The summed E-state index contributed by atoms with van der Waals surface area (Å²) in [4.78, 5) is 11.5. The van der Waals surface area contributed by atoms with Gasteiger partial charge in [0.1, 0.15) is 0 Å². The molecule has 0 aliphatic heterocycles. The van der Waals surface area contributed by atoms with E-state index >= 15 is 0 Å². The first-order chi connectivity index (χ1) is 16.1. The minimum Gasteiger partial charge on any atom is -0.478 e. The Morgan fingerprint density at radius 2 is 0.697 bits per heavy atom. The second-order valence-corrected chi connectivity index (χ2v) is 10.5. The van der Waals surface area contributed by atoms with Gasteiger partial charge in [0.25, 0.3) is 0 Å². The molecule has 0 aromatic carbocycles. The van der Waals surface area contributed by atoms with Gasteiger partial charge < -0.3 is 5.11 Å². The fraction of sp³-hybridized carbons (Fsp3) is 0.903. The first-order valence-corrected chi connectivity index (χ1v) is 15.0. The molecule has 0 radical (unpaired) electrons. The number of hydrogen-bond acceptors (Lipinski definition) is 1. The summed E-state index contributed by atoms with van der Waals surface area (Å²) in [5, 5.41) is 9.46. The fourth-order valence-electron chi connectivity index (χ4n) is 4.83. The summed E-state index contributed by atoms with van der Waals surface area (Å²) >= 11 is 0. The molecule has 2 nitrogen and oxygen atoms in total. The van der Waals surface area contributed by atoms with Crippen molar-refractivity contribution in [3.8, 4) is 0 Å². The number of carboxylic acids is 1. The molecule has 196 valence electrons. The molecule has 0 aliphatic carbocycles. The lowest BCUT2D eigenvalue weighted by atomic mass is 9.95. The van der Waals surface area contributed by atoms with Crippen LogP contribution in [-0.2, 0) is 4.79 Å². The number of rotatable bonds is 26. The van der Waals surface area contributed by atoms with Crippen LogP contribution < -0.4 is 0 Å². The van der Waals surface area contributed by atoms with Gasteiger partial charge in [-0.1, -0.05) is 154 Å². The summed E-state index contributed by atoms with van der Waals surface area (Å²) in [5.41, 5.74) is 1.83. The SMILES string of the molecule is CCCCCCCCCCCCCCCC(CCCCCCCCCCCC)=C(C)C(=O)O. The van der Waals surface area contributed by atoms with Crippen LogP contribution in [0.15, 0.2) is 11.1 Å². The zero-order valence-corrected chi connectivity index (χ0v) is 23.0. The predicted molar refractivity (Wildman–Crippen MR) is 147 cm³/mol. The average Bonchev–Trinajstić information content (AvgIpc) is 2.81. The van der Waals surface area contributed by atoms with Crippen LogP contribution >= 0.6 is 0 Å². The minimum atomic E-state index is -0.716. The van der Waals surface area contributed by atoms with Crippen molar-refractivity contribution in [1.82, 2.24) is 0 Å². The molecule has 0 aromatic rings. The molecule has 0 amide bonds. The van der Waals surface area contributed by atoms with Gasteiger partial charge in [-0.15, -0.1) is 0 Å². The third kappa shape index (κ3) is 22.8. The molecule has 33 heavy (non-hydrogen) atoms. The smallest absolute Gasteiger partial charge is 0.331 e. The van der Waals surface area contributed by atoms with Gasteiger partial charge >= 0.3 is 5.97 Å². The van der Waals surface area contributed by atoms with Crippen LogP contribution in [0.4, 0.5) is 0 Å². The molecule has 0 bridgehead atoms. The first kappa shape index (κ1) is 32.2. The van der Waals surface area contributed by atoms with Gasteiger partial charge in [-0.05, 0) is 32.6 Å². The molecule has 0 atom stereocenters. The van der Waals surface area contributed by atoms with E-state index in [-0.39, 0.29) is 0 Å². The van der Waals surface area contributed by atoms with Gasteiger partial charge in [0.2, 0.25) is 0 Å². The van der Waals surface area contributed by atoms with Crippen LogP contribution in [0, 0.1) is 0 Å². The quantitative estimate of drug-likeness (QED) is 0.102. The van der Waals surface area contributed by atoms with Crippen molar-refractivity contribution in [1.29, 1.82) is 0 Å². The summed E-state index contributed by atoms with van der Waals surface area (Å²) < 4.78 is 0. The van der Waals surface area contributed by atoms with Crippen LogP contribution in [-0.4, -0.2) is 11.1 Å². The molecule has 1 N–H and O–H groups in total. The minimum absolute atomic E-state index is 0.616. The molecular formula is C31H60O2. The van der Waals surface area contributed by atoms with Crippen LogP contribution in [0.1, 0.15) is 181 Å². The lowest BCUT2D eigenvalue weighted by Crippen LogP contribution is -2.02. The molecule has 0 spiro atoms. The third-order valence-electron chi connectivity index (χ3n) is 7.27. The van der Waals surface area contributed by atoms with Gasteiger partial charge in [0, 0.05) is 5.57 Å². The lowest BCUT2D eigenvalue weighted by molar-refractivity contribution is -0.132. The van der Waals surface area contributed by atoms with Crippen molar-refractivity contribution < 1.29 is 9.90 Å². The predicted octanol–water partition coefficient (Wildman–Crippen LogP) is 11.2. The van der Waals surface area contributed by atoms with Crippen molar-refractivity contribution in [3.63, 3.8) is 0 Å². The van der Waals surface area contributed by atoms with E-state index < -0.39 is 5.97 Å². The largest absolute Gasteiger partial charge is 0.478 e. The van der Waals surface area contributed by atoms with Crippen LogP contribution in [0.3, 0.4) is 0 Å². The Kier molecular flexibility index (Phi) is 25.2. The topological polar surface area (TPSA) is 37.3 Å². The summed E-state index contributed by atoms with van der Waals surface area (Å²) in [6.45, 7) is 6.37. The van der Waals surface area contributed by atoms with Crippen LogP contribution in [0.25, 0.3) is 0 Å².